The molecule has 0 spiro atoms. The van der Waals surface area contributed by atoms with Crippen molar-refractivity contribution in [3.8, 4) is 0 Å². The Bertz CT molecular complexity index is 625. The van der Waals surface area contributed by atoms with Crippen LogP contribution < -0.4 is 5.32 Å². The highest BCUT2D eigenvalue weighted by Gasteiger charge is 2.36. The third-order valence-corrected chi connectivity index (χ3v) is 3.42. The number of halogens is 1. The second kappa shape index (κ2) is 6.05. The van der Waals surface area contributed by atoms with Gasteiger partial charge in [-0.25, -0.2) is 14.0 Å². The number of carbonyl (C=O) groups is 2. The zero-order chi connectivity index (χ0) is 16.4. The van der Waals surface area contributed by atoms with E-state index in [4.69, 9.17) is 9.84 Å². The number of urea groups is 1. The van der Waals surface area contributed by atoms with E-state index in [0.29, 0.717) is 11.3 Å². The summed E-state index contributed by atoms with van der Waals surface area (Å²) in [6.45, 7) is 3.67. The molecule has 1 atom stereocenters. The highest BCUT2D eigenvalue weighted by atomic mass is 19.1. The van der Waals surface area contributed by atoms with Crippen LogP contribution in [0.3, 0.4) is 0 Å². The molecule has 7 heteroatoms. The summed E-state index contributed by atoms with van der Waals surface area (Å²) in [7, 11) is 1.50. The van der Waals surface area contributed by atoms with Crippen molar-refractivity contribution in [2.75, 3.05) is 7.05 Å². The molecule has 1 aliphatic rings. The number of amides is 2. The number of hydrogen-bond donors (Lipinski definition) is 2. The Kier molecular flexibility index (Phi) is 4.35. The first-order chi connectivity index (χ1) is 10.3. The second-order valence-electron chi connectivity index (χ2n) is 5.32. The van der Waals surface area contributed by atoms with E-state index < -0.39 is 18.0 Å². The number of carboxylic acid groups (broad SMARTS) is 1. The largest absolute Gasteiger partial charge is 0.511 e. The molecule has 0 fully saturated rings. The van der Waals surface area contributed by atoms with Crippen LogP contribution in [0.2, 0.25) is 0 Å². The van der Waals surface area contributed by atoms with Gasteiger partial charge in [-0.1, -0.05) is 13.8 Å². The first kappa shape index (κ1) is 15.8. The van der Waals surface area contributed by atoms with Crippen molar-refractivity contribution in [2.24, 2.45) is 5.92 Å². The second-order valence-corrected chi connectivity index (χ2v) is 5.32. The number of nitrogens with zero attached hydrogens (tertiary/aromatic N) is 1. The fourth-order valence-electron chi connectivity index (χ4n) is 2.33. The zero-order valence-corrected chi connectivity index (χ0v) is 12.5. The number of benzene rings is 1. The molecule has 2 N–H and O–H groups in total. The highest BCUT2D eigenvalue weighted by molar-refractivity contribution is 5.90. The SMILES string of the molecule is CC(C)C1NC(=O)N(C)C(c2ccc(F)cc2)=C1OC(=O)O. The summed E-state index contributed by atoms with van der Waals surface area (Å²) >= 11 is 0. The van der Waals surface area contributed by atoms with E-state index in [2.05, 4.69) is 5.32 Å². The standard InChI is InChI=1S/C15H17FN2O4/c1-8(2)11-13(22-15(20)21)12(18(3)14(19)17-11)9-4-6-10(16)7-5-9/h4-8,11H,1-3H3,(H,17,19)(H,20,21). The minimum atomic E-state index is -1.47. The summed E-state index contributed by atoms with van der Waals surface area (Å²) in [6.07, 6.45) is -1.47. The van der Waals surface area contributed by atoms with Gasteiger partial charge in [0.2, 0.25) is 0 Å². The molecule has 22 heavy (non-hydrogen) atoms. The van der Waals surface area contributed by atoms with Gasteiger partial charge in [-0.15, -0.1) is 0 Å². The van der Waals surface area contributed by atoms with E-state index in [1.54, 1.807) is 0 Å². The maximum Gasteiger partial charge on any atom is 0.511 e. The van der Waals surface area contributed by atoms with Crippen molar-refractivity contribution in [1.82, 2.24) is 10.2 Å². The minimum Gasteiger partial charge on any atom is -0.449 e. The molecule has 1 aromatic carbocycles. The fraction of sp³-hybridized carbons (Fsp3) is 0.333. The van der Waals surface area contributed by atoms with Crippen LogP contribution in [-0.2, 0) is 4.74 Å². The van der Waals surface area contributed by atoms with Crippen LogP contribution in [0.25, 0.3) is 5.70 Å². The summed E-state index contributed by atoms with van der Waals surface area (Å²) in [5.41, 5.74) is 0.811. The molecule has 1 heterocycles. The van der Waals surface area contributed by atoms with Crippen LogP contribution in [0.5, 0.6) is 0 Å². The number of ether oxygens (including phenoxy) is 1. The molecular formula is C15H17FN2O4. The van der Waals surface area contributed by atoms with Crippen molar-refractivity contribution in [3.05, 3.63) is 41.4 Å². The van der Waals surface area contributed by atoms with E-state index in [9.17, 15) is 14.0 Å². The Morgan fingerprint density at radius 3 is 2.45 bits per heavy atom. The van der Waals surface area contributed by atoms with Gasteiger partial charge < -0.3 is 15.2 Å². The number of carbonyl (C=O) groups excluding carboxylic acids is 1. The van der Waals surface area contributed by atoms with Gasteiger partial charge in [-0.05, 0) is 30.2 Å². The lowest BCUT2D eigenvalue weighted by Gasteiger charge is -2.35. The van der Waals surface area contributed by atoms with Gasteiger partial charge in [0.25, 0.3) is 0 Å². The molecule has 1 unspecified atom stereocenters. The van der Waals surface area contributed by atoms with Crippen LogP contribution in [0.4, 0.5) is 14.0 Å². The van der Waals surface area contributed by atoms with Crippen molar-refractivity contribution >= 4 is 17.9 Å². The summed E-state index contributed by atoms with van der Waals surface area (Å²) in [6, 6.07) is 4.47. The molecular weight excluding hydrogens is 291 g/mol. The number of hydrogen-bond acceptors (Lipinski definition) is 3. The van der Waals surface area contributed by atoms with Crippen molar-refractivity contribution in [3.63, 3.8) is 0 Å². The Hall–Kier alpha value is -2.57. The van der Waals surface area contributed by atoms with Crippen molar-refractivity contribution in [2.45, 2.75) is 19.9 Å². The van der Waals surface area contributed by atoms with Crippen molar-refractivity contribution < 1.29 is 23.8 Å². The van der Waals surface area contributed by atoms with E-state index in [1.165, 1.54) is 36.2 Å². The molecule has 1 aliphatic heterocycles. The van der Waals surface area contributed by atoms with E-state index in [1.807, 2.05) is 13.8 Å². The normalized spacial score (nSPS) is 18.5. The smallest absolute Gasteiger partial charge is 0.449 e. The Balaban J connectivity index is 2.62. The minimum absolute atomic E-state index is 0.0811. The monoisotopic (exact) mass is 308 g/mol. The molecule has 2 rings (SSSR count). The average molecular weight is 308 g/mol. The Labute approximate surface area is 127 Å². The molecule has 0 aliphatic carbocycles. The Morgan fingerprint density at radius 2 is 1.95 bits per heavy atom. The van der Waals surface area contributed by atoms with Crippen LogP contribution >= 0.6 is 0 Å². The van der Waals surface area contributed by atoms with Gasteiger partial charge >= 0.3 is 12.2 Å². The number of nitrogens with one attached hydrogen (secondary N) is 1. The molecule has 0 bridgehead atoms. The zero-order valence-electron chi connectivity index (χ0n) is 12.5. The summed E-state index contributed by atoms with van der Waals surface area (Å²) in [4.78, 5) is 24.4. The molecule has 0 saturated heterocycles. The van der Waals surface area contributed by atoms with E-state index >= 15 is 0 Å². The lowest BCUT2D eigenvalue weighted by Crippen LogP contribution is -2.51. The molecule has 0 aromatic heterocycles. The molecule has 0 radical (unpaired) electrons. The van der Waals surface area contributed by atoms with Gasteiger partial charge in [0.15, 0.2) is 5.76 Å². The lowest BCUT2D eigenvalue weighted by atomic mass is 9.96. The van der Waals surface area contributed by atoms with Gasteiger partial charge in [-0.2, -0.15) is 0 Å². The summed E-state index contributed by atoms with van der Waals surface area (Å²) in [5.74, 6) is -0.382. The summed E-state index contributed by atoms with van der Waals surface area (Å²) in [5, 5.41) is 11.7. The molecule has 6 nitrogen and oxygen atoms in total. The molecule has 0 saturated carbocycles. The maximum absolute atomic E-state index is 13.1. The Morgan fingerprint density at radius 1 is 1.36 bits per heavy atom. The van der Waals surface area contributed by atoms with Crippen LogP contribution in [-0.4, -0.2) is 35.3 Å². The third kappa shape index (κ3) is 3.03. The van der Waals surface area contributed by atoms with Gasteiger partial charge in [0, 0.05) is 12.6 Å². The number of rotatable bonds is 3. The van der Waals surface area contributed by atoms with Gasteiger partial charge in [0.1, 0.15) is 5.82 Å². The van der Waals surface area contributed by atoms with Crippen LogP contribution in [0, 0.1) is 11.7 Å². The van der Waals surface area contributed by atoms with Gasteiger partial charge in [-0.3, -0.25) is 4.90 Å². The highest BCUT2D eigenvalue weighted by Crippen LogP contribution is 2.31. The summed E-state index contributed by atoms with van der Waals surface area (Å²) < 4.78 is 18.0. The van der Waals surface area contributed by atoms with Crippen LogP contribution in [0.1, 0.15) is 19.4 Å². The van der Waals surface area contributed by atoms with E-state index in [0.717, 1.165) is 0 Å². The molecule has 2 amide bonds. The first-order valence-corrected chi connectivity index (χ1v) is 6.76. The quantitative estimate of drug-likeness (QED) is 0.842. The molecule has 1 aromatic rings. The van der Waals surface area contributed by atoms with E-state index in [-0.39, 0.29) is 17.7 Å². The van der Waals surface area contributed by atoms with Gasteiger partial charge in [0.05, 0.1) is 11.7 Å². The fourth-order valence-corrected chi connectivity index (χ4v) is 2.33. The third-order valence-electron chi connectivity index (χ3n) is 3.42. The maximum atomic E-state index is 13.1. The topological polar surface area (TPSA) is 78.9 Å². The van der Waals surface area contributed by atoms with Crippen molar-refractivity contribution in [1.29, 1.82) is 0 Å². The predicted octanol–water partition coefficient (Wildman–Crippen LogP) is 2.87. The predicted molar refractivity (Wildman–Crippen MR) is 77.4 cm³/mol. The average Bonchev–Trinajstić information content (AvgIpc) is 2.43. The first-order valence-electron chi connectivity index (χ1n) is 6.76. The molecule has 118 valence electrons. The van der Waals surface area contributed by atoms with Crippen LogP contribution in [0.15, 0.2) is 30.0 Å². The lowest BCUT2D eigenvalue weighted by molar-refractivity contribution is 0.105.